The van der Waals surface area contributed by atoms with E-state index in [1.807, 2.05) is 31.2 Å². The molecular weight excluding hydrogens is 380 g/mol. The van der Waals surface area contributed by atoms with Crippen molar-refractivity contribution in [3.05, 3.63) is 59.6 Å². The molecule has 0 saturated heterocycles. The molecule has 28 heavy (non-hydrogen) atoms. The summed E-state index contributed by atoms with van der Waals surface area (Å²) in [4.78, 5) is 16.4. The maximum absolute atomic E-state index is 12.2. The second-order valence-corrected chi connectivity index (χ2v) is 6.38. The van der Waals surface area contributed by atoms with Crippen LogP contribution in [-0.4, -0.2) is 24.6 Å². The van der Waals surface area contributed by atoms with Gasteiger partial charge in [0.2, 0.25) is 5.91 Å². The van der Waals surface area contributed by atoms with Crippen molar-refractivity contribution in [1.29, 1.82) is 0 Å². The number of nitrogens with zero attached hydrogens (tertiary/aromatic N) is 1. The van der Waals surface area contributed by atoms with E-state index < -0.39 is 0 Å². The molecule has 0 saturated carbocycles. The number of ether oxygens (including phenoxy) is 2. The lowest BCUT2D eigenvalue weighted by Gasteiger charge is -2.07. The summed E-state index contributed by atoms with van der Waals surface area (Å²) >= 11 is 6.07. The van der Waals surface area contributed by atoms with Gasteiger partial charge in [-0.05, 0) is 49.4 Å². The molecule has 3 rings (SSSR count). The molecule has 0 aliphatic rings. The fraction of sp³-hybridized carbons (Fsp3) is 0.238. The van der Waals surface area contributed by atoms with Crippen LogP contribution < -0.4 is 14.8 Å². The largest absolute Gasteiger partial charge is 0.495 e. The molecule has 0 aliphatic carbocycles. The van der Waals surface area contributed by atoms with Crippen molar-refractivity contribution >= 4 is 23.2 Å². The minimum absolute atomic E-state index is 0.151. The van der Waals surface area contributed by atoms with Gasteiger partial charge < -0.3 is 19.2 Å². The van der Waals surface area contributed by atoms with Gasteiger partial charge in [-0.2, -0.15) is 0 Å². The van der Waals surface area contributed by atoms with E-state index in [0.29, 0.717) is 41.1 Å². The Morgan fingerprint density at radius 2 is 2.00 bits per heavy atom. The van der Waals surface area contributed by atoms with Crippen LogP contribution in [0.5, 0.6) is 11.5 Å². The molecule has 1 amide bonds. The highest BCUT2D eigenvalue weighted by molar-refractivity contribution is 6.32. The second kappa shape index (κ2) is 9.28. The van der Waals surface area contributed by atoms with Gasteiger partial charge in [0.1, 0.15) is 11.5 Å². The van der Waals surface area contributed by atoms with E-state index in [1.54, 1.807) is 24.4 Å². The number of hydrogen-bond acceptors (Lipinski definition) is 5. The first-order chi connectivity index (χ1) is 13.6. The van der Waals surface area contributed by atoms with Crippen LogP contribution in [0.25, 0.3) is 11.3 Å². The van der Waals surface area contributed by atoms with Crippen molar-refractivity contribution in [3.63, 3.8) is 0 Å². The number of halogens is 1. The summed E-state index contributed by atoms with van der Waals surface area (Å²) in [5.74, 6) is 2.37. The Bertz CT molecular complexity index is 938. The number of oxazole rings is 1. The Hall–Kier alpha value is -2.99. The summed E-state index contributed by atoms with van der Waals surface area (Å²) < 4.78 is 16.3. The van der Waals surface area contributed by atoms with E-state index in [4.69, 9.17) is 25.5 Å². The van der Waals surface area contributed by atoms with Gasteiger partial charge in [0, 0.05) is 24.1 Å². The van der Waals surface area contributed by atoms with E-state index in [2.05, 4.69) is 10.3 Å². The molecule has 1 N–H and O–H groups in total. The molecule has 6 nitrogen and oxygen atoms in total. The van der Waals surface area contributed by atoms with Crippen LogP contribution >= 0.6 is 11.6 Å². The highest BCUT2D eigenvalue weighted by Crippen LogP contribution is 2.27. The summed E-state index contributed by atoms with van der Waals surface area (Å²) in [7, 11) is 1.54. The van der Waals surface area contributed by atoms with Crippen molar-refractivity contribution in [2.75, 3.05) is 19.0 Å². The number of carbonyl (C=O) groups is 1. The van der Waals surface area contributed by atoms with Crippen LogP contribution in [0.4, 0.5) is 5.69 Å². The third-order valence-corrected chi connectivity index (χ3v) is 4.30. The Balaban J connectivity index is 1.55. The number of anilines is 1. The van der Waals surface area contributed by atoms with E-state index >= 15 is 0 Å². The Morgan fingerprint density at radius 3 is 2.68 bits per heavy atom. The lowest BCUT2D eigenvalue weighted by molar-refractivity contribution is -0.116. The summed E-state index contributed by atoms with van der Waals surface area (Å²) in [5, 5.41) is 3.24. The van der Waals surface area contributed by atoms with Crippen molar-refractivity contribution in [2.45, 2.75) is 19.8 Å². The highest BCUT2D eigenvalue weighted by atomic mass is 35.5. The average Bonchev–Trinajstić information content (AvgIpc) is 3.16. The molecule has 0 unspecified atom stereocenters. The summed E-state index contributed by atoms with van der Waals surface area (Å²) in [6.07, 6.45) is 2.30. The number of methoxy groups -OCH3 is 1. The van der Waals surface area contributed by atoms with E-state index in [-0.39, 0.29) is 12.3 Å². The van der Waals surface area contributed by atoms with Gasteiger partial charge in [-0.25, -0.2) is 4.98 Å². The number of aryl methyl sites for hydroxylation is 1. The maximum Gasteiger partial charge on any atom is 0.224 e. The number of rotatable bonds is 8. The molecule has 146 valence electrons. The monoisotopic (exact) mass is 400 g/mol. The summed E-state index contributed by atoms with van der Waals surface area (Å²) in [6, 6.07) is 12.7. The van der Waals surface area contributed by atoms with E-state index in [9.17, 15) is 4.79 Å². The predicted octanol–water partition coefficient (Wildman–Crippen LogP) is 4.97. The predicted molar refractivity (Wildman–Crippen MR) is 108 cm³/mol. The quantitative estimate of drug-likeness (QED) is 0.577. The van der Waals surface area contributed by atoms with Gasteiger partial charge in [-0.15, -0.1) is 0 Å². The first kappa shape index (κ1) is 19.8. The van der Waals surface area contributed by atoms with E-state index in [1.165, 1.54) is 7.11 Å². The standard InChI is InChI=1S/C21H21ClN2O4/c1-3-27-16-7-4-14(5-8-16)19-13-23-21(28-19)11-10-20(25)24-15-6-9-18(26-2)17(22)12-15/h4-9,12-13H,3,10-11H2,1-2H3,(H,24,25). The van der Waals surface area contributed by atoms with Crippen LogP contribution in [0.15, 0.2) is 53.1 Å². The zero-order valence-corrected chi connectivity index (χ0v) is 16.5. The minimum Gasteiger partial charge on any atom is -0.495 e. The highest BCUT2D eigenvalue weighted by Gasteiger charge is 2.10. The fourth-order valence-electron chi connectivity index (χ4n) is 2.63. The van der Waals surface area contributed by atoms with Crippen molar-refractivity contribution in [1.82, 2.24) is 4.98 Å². The van der Waals surface area contributed by atoms with Crippen molar-refractivity contribution < 1.29 is 18.7 Å². The second-order valence-electron chi connectivity index (χ2n) is 5.97. The molecule has 0 atom stereocenters. The molecule has 3 aromatic rings. The SMILES string of the molecule is CCOc1ccc(-c2cnc(CCC(=O)Nc3ccc(OC)c(Cl)c3)o2)cc1. The molecule has 1 heterocycles. The number of amides is 1. The van der Waals surface area contributed by atoms with Crippen LogP contribution in [0.2, 0.25) is 5.02 Å². The number of nitrogens with one attached hydrogen (secondary N) is 1. The molecule has 0 radical (unpaired) electrons. The third-order valence-electron chi connectivity index (χ3n) is 4.00. The van der Waals surface area contributed by atoms with Gasteiger partial charge in [0.15, 0.2) is 11.7 Å². The van der Waals surface area contributed by atoms with Crippen LogP contribution in [-0.2, 0) is 11.2 Å². The molecule has 0 bridgehead atoms. The fourth-order valence-corrected chi connectivity index (χ4v) is 2.89. The molecule has 0 aliphatic heterocycles. The lowest BCUT2D eigenvalue weighted by Crippen LogP contribution is -2.12. The van der Waals surface area contributed by atoms with Crippen LogP contribution in [0.1, 0.15) is 19.2 Å². The number of carbonyl (C=O) groups excluding carboxylic acids is 1. The minimum atomic E-state index is -0.151. The summed E-state index contributed by atoms with van der Waals surface area (Å²) in [5.41, 5.74) is 1.51. The smallest absolute Gasteiger partial charge is 0.224 e. The van der Waals surface area contributed by atoms with Crippen LogP contribution in [0.3, 0.4) is 0 Å². The summed E-state index contributed by atoms with van der Waals surface area (Å²) in [6.45, 7) is 2.56. The Labute approximate surface area is 168 Å². The van der Waals surface area contributed by atoms with Crippen LogP contribution in [0, 0.1) is 0 Å². The number of aromatic nitrogens is 1. The van der Waals surface area contributed by atoms with Crippen molar-refractivity contribution in [2.24, 2.45) is 0 Å². The molecule has 2 aromatic carbocycles. The topological polar surface area (TPSA) is 73.6 Å². The molecule has 7 heteroatoms. The Kier molecular flexibility index (Phi) is 6.55. The van der Waals surface area contributed by atoms with Gasteiger partial charge in [-0.1, -0.05) is 11.6 Å². The maximum atomic E-state index is 12.2. The van der Waals surface area contributed by atoms with Gasteiger partial charge in [-0.3, -0.25) is 4.79 Å². The van der Waals surface area contributed by atoms with E-state index in [0.717, 1.165) is 11.3 Å². The lowest BCUT2D eigenvalue weighted by atomic mass is 10.2. The molecule has 0 spiro atoms. The molecular formula is C21H21ClN2O4. The Morgan fingerprint density at radius 1 is 1.21 bits per heavy atom. The first-order valence-corrected chi connectivity index (χ1v) is 9.28. The van der Waals surface area contributed by atoms with Crippen molar-refractivity contribution in [3.8, 4) is 22.8 Å². The zero-order chi connectivity index (χ0) is 19.9. The van der Waals surface area contributed by atoms with Gasteiger partial charge in [0.25, 0.3) is 0 Å². The molecule has 0 fully saturated rings. The zero-order valence-electron chi connectivity index (χ0n) is 15.7. The third kappa shape index (κ3) is 5.04. The normalized spacial score (nSPS) is 10.5. The first-order valence-electron chi connectivity index (χ1n) is 8.90. The number of hydrogen-bond donors (Lipinski definition) is 1. The van der Waals surface area contributed by atoms with Gasteiger partial charge >= 0.3 is 0 Å². The molecule has 1 aromatic heterocycles. The van der Waals surface area contributed by atoms with Gasteiger partial charge in [0.05, 0.1) is 24.9 Å². The number of benzene rings is 2. The average molecular weight is 401 g/mol.